The highest BCUT2D eigenvalue weighted by atomic mass is 16.6. The second-order valence-corrected chi connectivity index (χ2v) is 6.79. The number of aromatic nitrogens is 5. The predicted octanol–water partition coefficient (Wildman–Crippen LogP) is 0.413. The highest BCUT2D eigenvalue weighted by Gasteiger charge is 2.24. The van der Waals surface area contributed by atoms with Crippen LogP contribution >= 0.6 is 0 Å². The smallest absolute Gasteiger partial charge is 0.293 e. The molecule has 172 valence electrons. The van der Waals surface area contributed by atoms with Gasteiger partial charge in [-0.2, -0.15) is 9.78 Å². The average Bonchev–Trinajstić information content (AvgIpc) is 3.44. The topological polar surface area (TPSA) is 212 Å². The molecule has 0 aliphatic rings. The van der Waals surface area contributed by atoms with Gasteiger partial charge in [0.1, 0.15) is 5.75 Å². The molecule has 0 aliphatic heterocycles. The van der Waals surface area contributed by atoms with E-state index in [-0.39, 0.29) is 40.9 Å². The highest BCUT2D eigenvalue weighted by Crippen LogP contribution is 2.20. The Morgan fingerprint density at radius 2 is 1.91 bits per heavy atom. The molecule has 0 aliphatic carbocycles. The lowest BCUT2D eigenvalue weighted by molar-refractivity contribution is 0.0947. The van der Waals surface area contributed by atoms with Gasteiger partial charge >= 0.3 is 0 Å². The Labute approximate surface area is 191 Å². The average molecular weight is 462 g/mol. The number of hydrazone groups is 1. The van der Waals surface area contributed by atoms with Crippen LogP contribution in [0.25, 0.3) is 5.82 Å². The first-order valence-electron chi connectivity index (χ1n) is 9.72. The third kappa shape index (κ3) is 4.50. The normalized spacial score (nSPS) is 10.9. The number of phenols is 1. The van der Waals surface area contributed by atoms with E-state index in [9.17, 15) is 14.7 Å². The van der Waals surface area contributed by atoms with Gasteiger partial charge in [0, 0.05) is 11.3 Å². The number of nitrogens with two attached hydrogens (primary N) is 2. The second kappa shape index (κ2) is 9.47. The van der Waals surface area contributed by atoms with Gasteiger partial charge in [0.25, 0.3) is 11.8 Å². The molecule has 0 atom stereocenters. The summed E-state index contributed by atoms with van der Waals surface area (Å²) in [4.78, 5) is 24.5. The summed E-state index contributed by atoms with van der Waals surface area (Å²) < 4.78 is 5.79. The predicted molar refractivity (Wildman–Crippen MR) is 119 cm³/mol. The molecule has 0 saturated carbocycles. The van der Waals surface area contributed by atoms with E-state index in [0.717, 1.165) is 0 Å². The quantitative estimate of drug-likeness (QED) is 0.180. The summed E-state index contributed by atoms with van der Waals surface area (Å²) in [6, 6.07) is 13.1. The number of hydrogen-bond acceptors (Lipinski definition) is 11. The number of primary amides is 1. The monoisotopic (exact) mass is 462 g/mol. The maximum atomic E-state index is 12.8. The molecule has 2 amide bonds. The zero-order chi connectivity index (χ0) is 24.1. The minimum Gasteiger partial charge on any atom is -0.507 e. The van der Waals surface area contributed by atoms with Gasteiger partial charge in [0.15, 0.2) is 5.69 Å². The molecule has 2 heterocycles. The summed E-state index contributed by atoms with van der Waals surface area (Å²) in [6.07, 6.45) is 1.28. The van der Waals surface area contributed by atoms with Crippen LogP contribution in [-0.2, 0) is 6.54 Å². The third-order valence-electron chi connectivity index (χ3n) is 4.62. The maximum absolute atomic E-state index is 12.8. The largest absolute Gasteiger partial charge is 0.507 e. The number of rotatable bonds is 8. The summed E-state index contributed by atoms with van der Waals surface area (Å²) in [6.45, 7) is -0.0322. The number of hydrogen-bond donors (Lipinski definition) is 5. The summed E-state index contributed by atoms with van der Waals surface area (Å²) in [5.74, 6) is -1.39. The first kappa shape index (κ1) is 21.9. The van der Waals surface area contributed by atoms with Gasteiger partial charge in [-0.1, -0.05) is 29.5 Å². The van der Waals surface area contributed by atoms with E-state index in [1.807, 2.05) is 0 Å². The summed E-state index contributed by atoms with van der Waals surface area (Å²) in [5, 5.41) is 31.7. The number of nitrogens with one attached hydrogen (secondary N) is 2. The van der Waals surface area contributed by atoms with Crippen LogP contribution in [0.4, 0.5) is 11.5 Å². The van der Waals surface area contributed by atoms with Crippen molar-refractivity contribution in [1.82, 2.24) is 30.7 Å². The minimum atomic E-state index is -0.701. The molecule has 4 rings (SSSR count). The number of anilines is 2. The number of carbonyl (C=O) groups is 2. The molecule has 0 fully saturated rings. The first-order valence-corrected chi connectivity index (χ1v) is 9.72. The Morgan fingerprint density at radius 1 is 1.15 bits per heavy atom. The Morgan fingerprint density at radius 3 is 2.65 bits per heavy atom. The van der Waals surface area contributed by atoms with Crippen molar-refractivity contribution in [2.24, 2.45) is 10.8 Å². The number of para-hydroxylation sites is 2. The van der Waals surface area contributed by atoms with Gasteiger partial charge in [0.05, 0.1) is 24.0 Å². The van der Waals surface area contributed by atoms with E-state index in [4.69, 9.17) is 11.5 Å². The third-order valence-corrected chi connectivity index (χ3v) is 4.62. The number of aromatic hydroxyl groups is 1. The lowest BCUT2D eigenvalue weighted by atomic mass is 10.1. The molecule has 0 saturated heterocycles. The molecular weight excluding hydrogens is 444 g/mol. The number of nitrogens with zero attached hydrogens (tertiary/aromatic N) is 6. The minimum absolute atomic E-state index is 0.00143. The highest BCUT2D eigenvalue weighted by molar-refractivity contribution is 5.98. The molecule has 34 heavy (non-hydrogen) atoms. The molecule has 0 unspecified atom stereocenters. The number of benzene rings is 2. The van der Waals surface area contributed by atoms with Crippen LogP contribution in [0, 0.1) is 0 Å². The molecule has 0 spiro atoms. The van der Waals surface area contributed by atoms with Gasteiger partial charge in [-0.3, -0.25) is 9.59 Å². The van der Waals surface area contributed by atoms with Crippen molar-refractivity contribution < 1.29 is 19.3 Å². The molecule has 14 nitrogen and oxygen atoms in total. The molecule has 7 N–H and O–H groups in total. The standard InChI is InChI=1S/C20H18N10O4/c21-17-19(28-34-27-17)30-14(10-23-13-7-3-2-6-12(13)18(22)32)16(25-29-30)20(33)26-24-9-11-5-1-4-8-15(11)31/h1-9,23,31H,10H2,(H2,21,27)(H2,22,32)(H,26,33)/b24-9+. The van der Waals surface area contributed by atoms with Gasteiger partial charge in [-0.05, 0) is 34.6 Å². The van der Waals surface area contributed by atoms with Crippen LogP contribution in [0.2, 0.25) is 0 Å². The van der Waals surface area contributed by atoms with Crippen LogP contribution in [0.1, 0.15) is 32.1 Å². The molecule has 0 bridgehead atoms. The van der Waals surface area contributed by atoms with Gasteiger partial charge < -0.3 is 21.9 Å². The Bertz CT molecular complexity index is 1380. The fourth-order valence-corrected chi connectivity index (χ4v) is 2.99. The molecule has 0 radical (unpaired) electrons. The summed E-state index contributed by atoms with van der Waals surface area (Å²) in [5.41, 5.74) is 14.7. The fraction of sp³-hybridized carbons (Fsp3) is 0.0500. The van der Waals surface area contributed by atoms with Crippen molar-refractivity contribution in [2.45, 2.75) is 6.54 Å². The van der Waals surface area contributed by atoms with Gasteiger partial charge in [-0.25, -0.2) is 10.1 Å². The van der Waals surface area contributed by atoms with E-state index in [1.165, 1.54) is 17.0 Å². The Hall–Kier alpha value is -5.27. The molecule has 2 aromatic heterocycles. The van der Waals surface area contributed by atoms with Crippen molar-refractivity contribution in [2.75, 3.05) is 11.1 Å². The van der Waals surface area contributed by atoms with Gasteiger partial charge in [-0.15, -0.1) is 5.10 Å². The van der Waals surface area contributed by atoms with Crippen molar-refractivity contribution >= 4 is 29.5 Å². The van der Waals surface area contributed by atoms with Crippen molar-refractivity contribution in [3.63, 3.8) is 0 Å². The van der Waals surface area contributed by atoms with Crippen LogP contribution in [0.15, 0.2) is 58.3 Å². The molecular formula is C20H18N10O4. The van der Waals surface area contributed by atoms with E-state index in [2.05, 4.69) is 41.1 Å². The van der Waals surface area contributed by atoms with Crippen LogP contribution in [0.5, 0.6) is 5.75 Å². The number of nitrogen functional groups attached to an aromatic ring is 1. The Balaban J connectivity index is 1.62. The van der Waals surface area contributed by atoms with Gasteiger partial charge in [0.2, 0.25) is 11.6 Å². The van der Waals surface area contributed by atoms with Crippen molar-refractivity contribution in [1.29, 1.82) is 0 Å². The van der Waals surface area contributed by atoms with Crippen molar-refractivity contribution in [3.8, 4) is 11.6 Å². The molecule has 2 aromatic carbocycles. The second-order valence-electron chi connectivity index (χ2n) is 6.79. The Kier molecular flexibility index (Phi) is 6.11. The fourth-order valence-electron chi connectivity index (χ4n) is 2.99. The van der Waals surface area contributed by atoms with E-state index < -0.39 is 11.8 Å². The number of carbonyl (C=O) groups excluding carboxylic acids is 2. The number of amides is 2. The first-order chi connectivity index (χ1) is 16.5. The summed E-state index contributed by atoms with van der Waals surface area (Å²) >= 11 is 0. The van der Waals surface area contributed by atoms with E-state index in [1.54, 1.807) is 42.5 Å². The zero-order valence-corrected chi connectivity index (χ0v) is 17.4. The van der Waals surface area contributed by atoms with E-state index >= 15 is 0 Å². The lowest BCUT2D eigenvalue weighted by Gasteiger charge is -2.11. The molecule has 14 heteroatoms. The lowest BCUT2D eigenvalue weighted by Crippen LogP contribution is -2.22. The SMILES string of the molecule is NC(=O)c1ccccc1NCc1c(C(=O)N/N=C/c2ccccc2O)nnn1-c1nonc1N. The van der Waals surface area contributed by atoms with Crippen molar-refractivity contribution in [3.05, 3.63) is 71.0 Å². The van der Waals surface area contributed by atoms with Crippen LogP contribution < -0.4 is 22.2 Å². The van der Waals surface area contributed by atoms with E-state index in [0.29, 0.717) is 11.3 Å². The summed E-state index contributed by atoms with van der Waals surface area (Å²) in [7, 11) is 0. The maximum Gasteiger partial charge on any atom is 0.293 e. The number of phenolic OH excluding ortho intramolecular Hbond substituents is 1. The van der Waals surface area contributed by atoms with Crippen LogP contribution in [0.3, 0.4) is 0 Å². The zero-order valence-electron chi connectivity index (χ0n) is 17.4. The molecule has 4 aromatic rings. The van der Waals surface area contributed by atoms with Crippen LogP contribution in [-0.4, -0.2) is 48.4 Å².